The highest BCUT2D eigenvalue weighted by Crippen LogP contribution is 2.15. The predicted molar refractivity (Wildman–Crippen MR) is 85.8 cm³/mol. The summed E-state index contributed by atoms with van der Waals surface area (Å²) in [7, 11) is 0. The van der Waals surface area contributed by atoms with Crippen LogP contribution in [-0.2, 0) is 20.7 Å². The maximum absolute atomic E-state index is 12.3. The Kier molecular flexibility index (Phi) is 7.64. The Labute approximate surface area is 132 Å². The molecule has 0 aromatic heterocycles. The third-order valence-corrected chi connectivity index (χ3v) is 3.17. The van der Waals surface area contributed by atoms with Crippen molar-refractivity contribution in [2.75, 3.05) is 0 Å². The number of aryl methyl sites for hydroxylation is 1. The lowest BCUT2D eigenvalue weighted by Gasteiger charge is -2.15. The lowest BCUT2D eigenvalue weighted by Crippen LogP contribution is -2.22. The molecule has 0 amide bonds. The summed E-state index contributed by atoms with van der Waals surface area (Å²) in [5.74, 6) is -0.730. The van der Waals surface area contributed by atoms with Gasteiger partial charge in [0.05, 0.1) is 18.1 Å². The predicted octanol–water partition coefficient (Wildman–Crippen LogP) is 3.92. The van der Waals surface area contributed by atoms with Crippen molar-refractivity contribution in [1.29, 1.82) is 0 Å². The molecule has 0 aliphatic rings. The van der Waals surface area contributed by atoms with Crippen LogP contribution in [0.3, 0.4) is 0 Å². The Morgan fingerprint density at radius 2 is 1.77 bits per heavy atom. The lowest BCUT2D eigenvalue weighted by atomic mass is 10.0. The normalized spacial score (nSPS) is 12.0. The molecule has 1 aromatic rings. The van der Waals surface area contributed by atoms with Crippen LogP contribution in [0.25, 0.3) is 0 Å². The van der Waals surface area contributed by atoms with E-state index in [0.29, 0.717) is 5.56 Å². The summed E-state index contributed by atoms with van der Waals surface area (Å²) in [4.78, 5) is 23.8. The van der Waals surface area contributed by atoms with Crippen LogP contribution in [0.15, 0.2) is 24.3 Å². The third kappa shape index (κ3) is 6.29. The van der Waals surface area contributed by atoms with Crippen LogP contribution < -0.4 is 0 Å². The first-order valence-electron chi connectivity index (χ1n) is 7.92. The van der Waals surface area contributed by atoms with E-state index in [-0.39, 0.29) is 24.5 Å². The van der Waals surface area contributed by atoms with Gasteiger partial charge in [0.25, 0.3) is 0 Å². The number of esters is 2. The average Bonchev–Trinajstić information content (AvgIpc) is 2.44. The highest BCUT2D eigenvalue weighted by atomic mass is 16.6. The van der Waals surface area contributed by atoms with Gasteiger partial charge < -0.3 is 9.47 Å². The zero-order valence-corrected chi connectivity index (χ0v) is 13.9. The minimum Gasteiger partial charge on any atom is -0.463 e. The summed E-state index contributed by atoms with van der Waals surface area (Å²) in [6.45, 7) is 7.40. The highest BCUT2D eigenvalue weighted by Gasteiger charge is 2.18. The van der Waals surface area contributed by atoms with Crippen molar-refractivity contribution < 1.29 is 19.1 Å². The standard InChI is InChI=1S/C18H26O4/c1-5-6-9-15-10-7-8-11-16(15)18(20)22-14(4)12-17(19)21-13(2)3/h7-8,10-11,13-14H,5-6,9,12H2,1-4H3. The van der Waals surface area contributed by atoms with Crippen LogP contribution in [0.5, 0.6) is 0 Å². The van der Waals surface area contributed by atoms with Crippen molar-refractivity contribution in [3.63, 3.8) is 0 Å². The van der Waals surface area contributed by atoms with Crippen molar-refractivity contribution in [2.45, 2.75) is 65.6 Å². The molecule has 0 N–H and O–H groups in total. The van der Waals surface area contributed by atoms with Crippen LogP contribution >= 0.6 is 0 Å². The van der Waals surface area contributed by atoms with Gasteiger partial charge in [0, 0.05) is 0 Å². The molecular formula is C18H26O4. The number of hydrogen-bond acceptors (Lipinski definition) is 4. The average molecular weight is 306 g/mol. The lowest BCUT2D eigenvalue weighted by molar-refractivity contribution is -0.149. The van der Waals surface area contributed by atoms with E-state index in [1.165, 1.54) is 0 Å². The number of carbonyl (C=O) groups excluding carboxylic acids is 2. The molecule has 122 valence electrons. The first-order chi connectivity index (χ1) is 10.4. The topological polar surface area (TPSA) is 52.6 Å². The molecule has 4 nitrogen and oxygen atoms in total. The van der Waals surface area contributed by atoms with Gasteiger partial charge in [-0.1, -0.05) is 31.5 Å². The van der Waals surface area contributed by atoms with E-state index in [4.69, 9.17) is 9.47 Å². The van der Waals surface area contributed by atoms with Gasteiger partial charge >= 0.3 is 11.9 Å². The van der Waals surface area contributed by atoms with Crippen LogP contribution in [-0.4, -0.2) is 24.1 Å². The van der Waals surface area contributed by atoms with E-state index < -0.39 is 6.10 Å². The molecule has 0 aliphatic heterocycles. The summed E-state index contributed by atoms with van der Waals surface area (Å²) in [5.41, 5.74) is 1.58. The summed E-state index contributed by atoms with van der Waals surface area (Å²) in [5, 5.41) is 0. The quantitative estimate of drug-likeness (QED) is 0.683. The summed E-state index contributed by atoms with van der Waals surface area (Å²) in [6.07, 6.45) is 2.36. The minimum absolute atomic E-state index is 0.0705. The molecule has 0 saturated heterocycles. The molecule has 0 saturated carbocycles. The molecule has 22 heavy (non-hydrogen) atoms. The number of unbranched alkanes of at least 4 members (excludes halogenated alkanes) is 1. The van der Waals surface area contributed by atoms with Gasteiger partial charge in [0.15, 0.2) is 0 Å². The van der Waals surface area contributed by atoms with Gasteiger partial charge in [-0.2, -0.15) is 0 Å². The molecule has 1 rings (SSSR count). The maximum atomic E-state index is 12.3. The third-order valence-electron chi connectivity index (χ3n) is 3.17. The molecule has 0 spiro atoms. The Morgan fingerprint density at radius 1 is 1.09 bits per heavy atom. The summed E-state index contributed by atoms with van der Waals surface area (Å²) in [6, 6.07) is 7.46. The highest BCUT2D eigenvalue weighted by molar-refractivity contribution is 5.91. The minimum atomic E-state index is -0.502. The Bertz CT molecular complexity index is 494. The second-order valence-electron chi connectivity index (χ2n) is 5.72. The van der Waals surface area contributed by atoms with Gasteiger partial charge in [-0.15, -0.1) is 0 Å². The molecule has 1 aromatic carbocycles. The molecule has 1 unspecified atom stereocenters. The van der Waals surface area contributed by atoms with Crippen LogP contribution in [0, 0.1) is 0 Å². The van der Waals surface area contributed by atoms with Gasteiger partial charge in [0.1, 0.15) is 6.10 Å². The molecular weight excluding hydrogens is 280 g/mol. The Hall–Kier alpha value is -1.84. The SMILES string of the molecule is CCCCc1ccccc1C(=O)OC(C)CC(=O)OC(C)C. The maximum Gasteiger partial charge on any atom is 0.338 e. The van der Waals surface area contributed by atoms with Crippen molar-refractivity contribution in [1.82, 2.24) is 0 Å². The fourth-order valence-corrected chi connectivity index (χ4v) is 2.14. The first-order valence-corrected chi connectivity index (χ1v) is 7.92. The van der Waals surface area contributed by atoms with Crippen LogP contribution in [0.4, 0.5) is 0 Å². The summed E-state index contributed by atoms with van der Waals surface area (Å²) < 4.78 is 10.4. The van der Waals surface area contributed by atoms with Crippen molar-refractivity contribution in [2.24, 2.45) is 0 Å². The van der Waals surface area contributed by atoms with E-state index >= 15 is 0 Å². The fourth-order valence-electron chi connectivity index (χ4n) is 2.14. The Balaban J connectivity index is 2.63. The van der Waals surface area contributed by atoms with Crippen molar-refractivity contribution in [3.05, 3.63) is 35.4 Å². The molecule has 0 radical (unpaired) electrons. The largest absolute Gasteiger partial charge is 0.463 e. The van der Waals surface area contributed by atoms with Gasteiger partial charge in [-0.3, -0.25) is 4.79 Å². The van der Waals surface area contributed by atoms with E-state index in [0.717, 1.165) is 24.8 Å². The molecule has 0 aliphatic carbocycles. The fraction of sp³-hybridized carbons (Fsp3) is 0.556. The van der Waals surface area contributed by atoms with Gasteiger partial charge in [-0.05, 0) is 45.2 Å². The van der Waals surface area contributed by atoms with E-state index in [9.17, 15) is 9.59 Å². The summed E-state index contributed by atoms with van der Waals surface area (Å²) >= 11 is 0. The monoisotopic (exact) mass is 306 g/mol. The number of hydrogen-bond donors (Lipinski definition) is 0. The molecule has 1 atom stereocenters. The second-order valence-corrected chi connectivity index (χ2v) is 5.72. The van der Waals surface area contributed by atoms with Crippen LogP contribution in [0.2, 0.25) is 0 Å². The van der Waals surface area contributed by atoms with Gasteiger partial charge in [0.2, 0.25) is 0 Å². The van der Waals surface area contributed by atoms with Crippen molar-refractivity contribution >= 4 is 11.9 Å². The first kappa shape index (κ1) is 18.2. The Morgan fingerprint density at radius 3 is 2.41 bits per heavy atom. The zero-order chi connectivity index (χ0) is 16.5. The molecule has 0 bridgehead atoms. The van der Waals surface area contributed by atoms with E-state index in [1.807, 2.05) is 18.2 Å². The molecule has 0 fully saturated rings. The van der Waals surface area contributed by atoms with Crippen LogP contribution in [0.1, 0.15) is 62.9 Å². The van der Waals surface area contributed by atoms with E-state index in [2.05, 4.69) is 6.92 Å². The van der Waals surface area contributed by atoms with Gasteiger partial charge in [-0.25, -0.2) is 4.79 Å². The van der Waals surface area contributed by atoms with Crippen molar-refractivity contribution in [3.8, 4) is 0 Å². The molecule has 4 heteroatoms. The second kappa shape index (κ2) is 9.23. The number of ether oxygens (including phenoxy) is 2. The zero-order valence-electron chi connectivity index (χ0n) is 13.9. The number of carbonyl (C=O) groups is 2. The number of benzene rings is 1. The van der Waals surface area contributed by atoms with E-state index in [1.54, 1.807) is 26.8 Å². The smallest absolute Gasteiger partial charge is 0.338 e. The molecule has 0 heterocycles. The number of rotatable bonds is 8.